The van der Waals surface area contributed by atoms with E-state index in [-0.39, 0.29) is 10.8 Å². The first-order chi connectivity index (χ1) is 22.0. The van der Waals surface area contributed by atoms with Gasteiger partial charge in [0, 0.05) is 0 Å². The van der Waals surface area contributed by atoms with Crippen molar-refractivity contribution >= 4 is 20.2 Å². The van der Waals surface area contributed by atoms with Crippen molar-refractivity contribution in [2.45, 2.75) is 118 Å². The molecule has 0 spiro atoms. The van der Waals surface area contributed by atoms with Gasteiger partial charge in [-0.05, 0) is 115 Å². The summed E-state index contributed by atoms with van der Waals surface area (Å²) >= 11 is 0. The molecule has 0 aliphatic heterocycles. The molecule has 2 aliphatic carbocycles. The Morgan fingerprint density at radius 1 is 0.511 bits per heavy atom. The van der Waals surface area contributed by atoms with Gasteiger partial charge in [-0.1, -0.05) is 165 Å². The molecule has 0 atom stereocenters. The van der Waals surface area contributed by atoms with E-state index in [2.05, 4.69) is 168 Å². The van der Waals surface area contributed by atoms with Crippen LogP contribution in [0.15, 0.2) is 83.2 Å². The van der Waals surface area contributed by atoms with E-state index in [1.165, 1.54) is 66.8 Å². The van der Waals surface area contributed by atoms with Crippen LogP contribution in [0.4, 0.5) is 0 Å². The van der Waals surface area contributed by atoms with Gasteiger partial charge in [0.1, 0.15) is 8.07 Å². The van der Waals surface area contributed by atoms with E-state index in [9.17, 15) is 0 Å². The van der Waals surface area contributed by atoms with Gasteiger partial charge in [-0.25, -0.2) is 0 Å². The molecule has 244 valence electrons. The molecule has 0 unspecified atom stereocenters. The van der Waals surface area contributed by atoms with Gasteiger partial charge in [0.2, 0.25) is 0 Å². The maximum atomic E-state index is 2.66. The molecule has 0 saturated heterocycles. The first-order valence-corrected chi connectivity index (χ1v) is 20.1. The summed E-state index contributed by atoms with van der Waals surface area (Å²) in [6.45, 7) is 28.5. The highest BCUT2D eigenvalue weighted by atomic mass is 28.3. The van der Waals surface area contributed by atoms with Crippen molar-refractivity contribution in [3.8, 4) is 22.3 Å². The zero-order chi connectivity index (χ0) is 34.1. The first kappa shape index (κ1) is 33.5. The van der Waals surface area contributed by atoms with E-state index in [0.29, 0.717) is 11.1 Å². The predicted octanol–water partition coefficient (Wildman–Crippen LogP) is 13.2. The molecule has 0 aromatic heterocycles. The summed E-state index contributed by atoms with van der Waals surface area (Å²) in [5.74, 6) is 0. The molecule has 1 heteroatoms. The fraction of sp³-hybridized carbons (Fsp3) is 0.391. The van der Waals surface area contributed by atoms with Gasteiger partial charge in [0.15, 0.2) is 0 Å². The fourth-order valence-corrected chi connectivity index (χ4v) is 15.4. The lowest BCUT2D eigenvalue weighted by molar-refractivity contribution is 0.589. The van der Waals surface area contributed by atoms with Gasteiger partial charge in [0.05, 0.1) is 0 Å². The molecule has 6 rings (SSSR count). The minimum absolute atomic E-state index is 0.149. The third kappa shape index (κ3) is 5.73. The maximum absolute atomic E-state index is 2.66. The Bertz CT molecular complexity index is 1770. The smallest absolute Gasteiger partial charge is 0.0704 e. The van der Waals surface area contributed by atoms with Crippen LogP contribution in [0.5, 0.6) is 0 Å². The van der Waals surface area contributed by atoms with Crippen LogP contribution in [0.2, 0.25) is 11.1 Å². The standard InChI is InChI=1S/C46H56Si/c1-29(2)47(30(3)4,37-25-33-15-13-17-41(43(33)27-37)39-21-19-35(23-31(39)5)45(7,8)9)38-26-34-16-14-18-42(44(34)28-38)40-22-20-36(24-32(40)6)46(10,11)12/h13-24,27-30H,25-26H2,1-12H3. The van der Waals surface area contributed by atoms with Crippen LogP contribution in [0.1, 0.15) is 114 Å². The van der Waals surface area contributed by atoms with Crippen molar-refractivity contribution in [3.63, 3.8) is 0 Å². The number of allylic oxidation sites excluding steroid dienone is 2. The number of rotatable bonds is 6. The van der Waals surface area contributed by atoms with Crippen LogP contribution in [-0.2, 0) is 23.7 Å². The number of benzene rings is 4. The highest BCUT2D eigenvalue weighted by molar-refractivity contribution is 6.96. The van der Waals surface area contributed by atoms with E-state index < -0.39 is 8.07 Å². The molecular weight excluding hydrogens is 581 g/mol. The average Bonchev–Trinajstić information content (AvgIpc) is 3.61. The minimum Gasteiger partial charge on any atom is -0.0704 e. The number of fused-ring (bicyclic) bond motifs is 2. The largest absolute Gasteiger partial charge is 0.114 e. The molecule has 2 aliphatic rings. The normalized spacial score (nSPS) is 14.9. The van der Waals surface area contributed by atoms with E-state index in [0.717, 1.165) is 12.8 Å². The molecule has 0 amide bonds. The maximum Gasteiger partial charge on any atom is 0.114 e. The highest BCUT2D eigenvalue weighted by Crippen LogP contribution is 2.52. The van der Waals surface area contributed by atoms with E-state index in [1.54, 1.807) is 10.4 Å². The Morgan fingerprint density at radius 3 is 1.21 bits per heavy atom. The number of hydrogen-bond acceptors (Lipinski definition) is 0. The van der Waals surface area contributed by atoms with Crippen LogP contribution in [0, 0.1) is 13.8 Å². The van der Waals surface area contributed by atoms with Crippen LogP contribution >= 0.6 is 0 Å². The molecule has 47 heavy (non-hydrogen) atoms. The van der Waals surface area contributed by atoms with E-state index in [1.807, 2.05) is 0 Å². The van der Waals surface area contributed by atoms with Crippen molar-refractivity contribution < 1.29 is 0 Å². The fourth-order valence-electron chi connectivity index (χ4n) is 8.96. The van der Waals surface area contributed by atoms with Gasteiger partial charge in [-0.2, -0.15) is 0 Å². The van der Waals surface area contributed by atoms with Crippen LogP contribution in [-0.4, -0.2) is 8.07 Å². The van der Waals surface area contributed by atoms with E-state index in [4.69, 9.17) is 0 Å². The van der Waals surface area contributed by atoms with Crippen molar-refractivity contribution in [1.82, 2.24) is 0 Å². The second-order valence-corrected chi connectivity index (χ2v) is 22.5. The predicted molar refractivity (Wildman–Crippen MR) is 210 cm³/mol. The zero-order valence-electron chi connectivity index (χ0n) is 31.2. The van der Waals surface area contributed by atoms with Gasteiger partial charge in [0.25, 0.3) is 0 Å². The average molecular weight is 637 g/mol. The number of hydrogen-bond donors (Lipinski definition) is 0. The van der Waals surface area contributed by atoms with Gasteiger partial charge < -0.3 is 0 Å². The second-order valence-electron chi connectivity index (χ2n) is 17.2. The van der Waals surface area contributed by atoms with Crippen LogP contribution in [0.25, 0.3) is 34.4 Å². The van der Waals surface area contributed by atoms with Gasteiger partial charge in [-0.15, -0.1) is 0 Å². The molecule has 4 aromatic rings. The quantitative estimate of drug-likeness (QED) is 0.185. The summed E-state index contributed by atoms with van der Waals surface area (Å²) in [7, 11) is -2.10. The lowest BCUT2D eigenvalue weighted by atomic mass is 9.84. The molecule has 0 heterocycles. The Morgan fingerprint density at radius 2 is 0.894 bits per heavy atom. The van der Waals surface area contributed by atoms with Crippen molar-refractivity contribution in [1.29, 1.82) is 0 Å². The lowest BCUT2D eigenvalue weighted by Gasteiger charge is -2.42. The summed E-state index contributed by atoms with van der Waals surface area (Å²) in [6.07, 6.45) is 7.49. The molecule has 0 fully saturated rings. The summed E-state index contributed by atoms with van der Waals surface area (Å²) in [5, 5.41) is 3.44. The topological polar surface area (TPSA) is 0 Å². The molecule has 0 bridgehead atoms. The molecular formula is C46H56Si. The van der Waals surface area contributed by atoms with Gasteiger partial charge >= 0.3 is 0 Å². The van der Waals surface area contributed by atoms with Crippen molar-refractivity contribution in [2.24, 2.45) is 0 Å². The third-order valence-corrected chi connectivity index (χ3v) is 17.9. The summed E-state index contributed by atoms with van der Waals surface area (Å²) in [5.41, 5.74) is 18.5. The van der Waals surface area contributed by atoms with Crippen molar-refractivity contribution in [2.75, 3.05) is 0 Å². The third-order valence-electron chi connectivity index (χ3n) is 11.4. The first-order valence-electron chi connectivity index (χ1n) is 17.9. The molecule has 0 N–H and O–H groups in total. The minimum atomic E-state index is -2.10. The SMILES string of the molecule is Cc1cc(C(C)(C)C)ccc1-c1cccc2c1C=C([Si](C1=Cc3c(cccc3-c3ccc(C(C)(C)C)cc3C)C1)(C(C)C)C(C)C)C2. The number of aryl methyl sites for hydroxylation is 2. The monoisotopic (exact) mass is 636 g/mol. The molecule has 0 radical (unpaired) electrons. The molecule has 4 aromatic carbocycles. The second kappa shape index (κ2) is 11.9. The van der Waals surface area contributed by atoms with Crippen LogP contribution in [0.3, 0.4) is 0 Å². The van der Waals surface area contributed by atoms with Crippen LogP contribution < -0.4 is 0 Å². The summed E-state index contributed by atoms with van der Waals surface area (Å²) < 4.78 is 0. The van der Waals surface area contributed by atoms with Gasteiger partial charge in [-0.3, -0.25) is 0 Å². The zero-order valence-corrected chi connectivity index (χ0v) is 32.2. The summed E-state index contributed by atoms with van der Waals surface area (Å²) in [4.78, 5) is 0. The summed E-state index contributed by atoms with van der Waals surface area (Å²) in [6, 6.07) is 28.3. The van der Waals surface area contributed by atoms with Crippen molar-refractivity contribution in [3.05, 3.63) is 128 Å². The Hall–Kier alpha value is -3.42. The Labute approximate surface area is 287 Å². The highest BCUT2D eigenvalue weighted by Gasteiger charge is 2.48. The molecule has 0 nitrogen and oxygen atoms in total. The Balaban J connectivity index is 1.46. The molecule has 0 saturated carbocycles. The Kier molecular flexibility index (Phi) is 8.49. The lowest BCUT2D eigenvalue weighted by Crippen LogP contribution is -2.46. The van der Waals surface area contributed by atoms with E-state index >= 15 is 0 Å².